The highest BCUT2D eigenvalue weighted by Gasteiger charge is 2.33. The molecular formula is C9H16N2O4. The standard InChI is InChI=1S/C9H16N2O4/c1-6(8(13)14)11-7(12)3-15-9(2)4-10-5-9/h6,10H,3-5H2,1-2H3,(H,11,12)(H,13,14)/t6-/m0/s1. The molecule has 86 valence electrons. The van der Waals surface area contributed by atoms with E-state index in [4.69, 9.17) is 9.84 Å². The van der Waals surface area contributed by atoms with Gasteiger partial charge in [0.1, 0.15) is 12.6 Å². The van der Waals surface area contributed by atoms with E-state index in [0.717, 1.165) is 13.1 Å². The summed E-state index contributed by atoms with van der Waals surface area (Å²) in [6.45, 7) is 4.64. The Bertz CT molecular complexity index is 263. The van der Waals surface area contributed by atoms with E-state index in [0.29, 0.717) is 0 Å². The van der Waals surface area contributed by atoms with Crippen molar-refractivity contribution in [1.29, 1.82) is 0 Å². The summed E-state index contributed by atoms with van der Waals surface area (Å²) in [4.78, 5) is 21.7. The molecule has 0 radical (unpaired) electrons. The maximum absolute atomic E-state index is 11.2. The highest BCUT2D eigenvalue weighted by atomic mass is 16.5. The third kappa shape index (κ3) is 3.49. The highest BCUT2D eigenvalue weighted by Crippen LogP contribution is 2.14. The first-order valence-corrected chi connectivity index (χ1v) is 4.80. The van der Waals surface area contributed by atoms with Gasteiger partial charge in [0.15, 0.2) is 0 Å². The Balaban J connectivity index is 2.21. The van der Waals surface area contributed by atoms with Crippen molar-refractivity contribution in [3.05, 3.63) is 0 Å². The fraction of sp³-hybridized carbons (Fsp3) is 0.778. The van der Waals surface area contributed by atoms with Crippen molar-refractivity contribution in [2.45, 2.75) is 25.5 Å². The first kappa shape index (κ1) is 11.9. The minimum absolute atomic E-state index is 0.101. The number of nitrogens with one attached hydrogen (secondary N) is 2. The Kier molecular flexibility index (Phi) is 3.65. The van der Waals surface area contributed by atoms with Crippen molar-refractivity contribution in [2.24, 2.45) is 0 Å². The molecule has 6 heteroatoms. The number of ether oxygens (including phenoxy) is 1. The van der Waals surface area contributed by atoms with E-state index in [-0.39, 0.29) is 12.2 Å². The molecule has 3 N–H and O–H groups in total. The summed E-state index contributed by atoms with van der Waals surface area (Å²) in [5, 5.41) is 13.9. The van der Waals surface area contributed by atoms with E-state index in [9.17, 15) is 9.59 Å². The van der Waals surface area contributed by atoms with E-state index in [1.807, 2.05) is 6.92 Å². The van der Waals surface area contributed by atoms with Crippen molar-refractivity contribution in [1.82, 2.24) is 10.6 Å². The van der Waals surface area contributed by atoms with Gasteiger partial charge in [0.05, 0.1) is 5.60 Å². The molecule has 1 amide bonds. The van der Waals surface area contributed by atoms with Crippen LogP contribution in [0.25, 0.3) is 0 Å². The van der Waals surface area contributed by atoms with Crippen molar-refractivity contribution in [3.8, 4) is 0 Å². The Morgan fingerprint density at radius 1 is 1.60 bits per heavy atom. The number of carbonyl (C=O) groups is 2. The van der Waals surface area contributed by atoms with E-state index < -0.39 is 17.9 Å². The van der Waals surface area contributed by atoms with E-state index in [1.54, 1.807) is 0 Å². The zero-order chi connectivity index (χ0) is 11.5. The zero-order valence-electron chi connectivity index (χ0n) is 8.87. The van der Waals surface area contributed by atoms with Gasteiger partial charge < -0.3 is 20.5 Å². The predicted molar refractivity (Wildman–Crippen MR) is 52.5 cm³/mol. The molecule has 1 atom stereocenters. The fourth-order valence-corrected chi connectivity index (χ4v) is 1.16. The molecule has 0 aliphatic carbocycles. The molecule has 1 fully saturated rings. The van der Waals surface area contributed by atoms with Crippen LogP contribution in [-0.2, 0) is 14.3 Å². The molecule has 0 unspecified atom stereocenters. The second-order valence-electron chi connectivity index (χ2n) is 3.97. The second kappa shape index (κ2) is 4.59. The first-order chi connectivity index (χ1) is 6.93. The Morgan fingerprint density at radius 2 is 2.20 bits per heavy atom. The third-order valence-electron chi connectivity index (χ3n) is 2.30. The van der Waals surface area contributed by atoms with E-state index in [2.05, 4.69) is 10.6 Å². The first-order valence-electron chi connectivity index (χ1n) is 4.80. The topological polar surface area (TPSA) is 87.7 Å². The molecular weight excluding hydrogens is 200 g/mol. The van der Waals surface area contributed by atoms with Gasteiger partial charge in [0.25, 0.3) is 0 Å². The summed E-state index contributed by atoms with van der Waals surface area (Å²) in [6, 6.07) is -0.881. The van der Waals surface area contributed by atoms with Gasteiger partial charge in [-0.3, -0.25) is 9.59 Å². The number of hydrogen-bond acceptors (Lipinski definition) is 4. The molecule has 0 saturated carbocycles. The van der Waals surface area contributed by atoms with Gasteiger partial charge in [0.2, 0.25) is 5.91 Å². The SMILES string of the molecule is C[C@H](NC(=O)COC1(C)CNC1)C(=O)O. The van der Waals surface area contributed by atoms with Gasteiger partial charge in [-0.05, 0) is 13.8 Å². The predicted octanol–water partition coefficient (Wildman–Crippen LogP) is -1.05. The zero-order valence-corrected chi connectivity index (χ0v) is 8.87. The molecule has 0 aromatic rings. The molecule has 15 heavy (non-hydrogen) atoms. The van der Waals surface area contributed by atoms with Crippen LogP contribution in [0.15, 0.2) is 0 Å². The lowest BCUT2D eigenvalue weighted by Crippen LogP contribution is -2.59. The Labute approximate surface area is 88.0 Å². The van der Waals surface area contributed by atoms with Gasteiger partial charge >= 0.3 is 5.97 Å². The lowest BCUT2D eigenvalue weighted by atomic mass is 10.0. The molecule has 1 heterocycles. The van der Waals surface area contributed by atoms with Gasteiger partial charge in [-0.1, -0.05) is 0 Å². The minimum Gasteiger partial charge on any atom is -0.480 e. The average molecular weight is 216 g/mol. The molecule has 0 aromatic carbocycles. The Hall–Kier alpha value is -1.14. The molecule has 1 rings (SSSR count). The van der Waals surface area contributed by atoms with Crippen LogP contribution in [0.5, 0.6) is 0 Å². The number of amides is 1. The fourth-order valence-electron chi connectivity index (χ4n) is 1.16. The summed E-state index contributed by atoms with van der Waals surface area (Å²) in [5.41, 5.74) is -0.288. The highest BCUT2D eigenvalue weighted by molar-refractivity contribution is 5.83. The quantitative estimate of drug-likeness (QED) is 0.546. The van der Waals surface area contributed by atoms with Gasteiger partial charge in [-0.25, -0.2) is 0 Å². The maximum Gasteiger partial charge on any atom is 0.325 e. The van der Waals surface area contributed by atoms with E-state index >= 15 is 0 Å². The van der Waals surface area contributed by atoms with Crippen LogP contribution >= 0.6 is 0 Å². The van der Waals surface area contributed by atoms with Gasteiger partial charge in [-0.2, -0.15) is 0 Å². The van der Waals surface area contributed by atoms with Crippen LogP contribution in [0.3, 0.4) is 0 Å². The Morgan fingerprint density at radius 3 is 2.60 bits per heavy atom. The summed E-state index contributed by atoms with van der Waals surface area (Å²) >= 11 is 0. The summed E-state index contributed by atoms with van der Waals surface area (Å²) in [6.07, 6.45) is 0. The van der Waals surface area contributed by atoms with E-state index in [1.165, 1.54) is 6.92 Å². The van der Waals surface area contributed by atoms with Crippen LogP contribution in [0, 0.1) is 0 Å². The smallest absolute Gasteiger partial charge is 0.325 e. The summed E-state index contributed by atoms with van der Waals surface area (Å²) in [5.74, 6) is -1.46. The van der Waals surface area contributed by atoms with Crippen LogP contribution in [0.1, 0.15) is 13.8 Å². The largest absolute Gasteiger partial charge is 0.480 e. The number of carbonyl (C=O) groups excluding carboxylic acids is 1. The van der Waals surface area contributed by atoms with Gasteiger partial charge in [-0.15, -0.1) is 0 Å². The van der Waals surface area contributed by atoms with Crippen molar-refractivity contribution in [2.75, 3.05) is 19.7 Å². The second-order valence-corrected chi connectivity index (χ2v) is 3.97. The van der Waals surface area contributed by atoms with Crippen LogP contribution in [-0.4, -0.2) is 48.3 Å². The number of hydrogen-bond donors (Lipinski definition) is 3. The number of aliphatic carboxylic acids is 1. The molecule has 1 aliphatic heterocycles. The third-order valence-corrected chi connectivity index (χ3v) is 2.30. The van der Waals surface area contributed by atoms with Crippen molar-refractivity contribution in [3.63, 3.8) is 0 Å². The van der Waals surface area contributed by atoms with Gasteiger partial charge in [0, 0.05) is 13.1 Å². The van der Waals surface area contributed by atoms with Crippen molar-refractivity contribution < 1.29 is 19.4 Å². The number of carboxylic acids is 1. The minimum atomic E-state index is -1.06. The summed E-state index contributed by atoms with van der Waals surface area (Å²) < 4.78 is 5.34. The molecule has 0 spiro atoms. The molecule has 1 aliphatic rings. The lowest BCUT2D eigenvalue weighted by Gasteiger charge is -2.38. The monoisotopic (exact) mass is 216 g/mol. The van der Waals surface area contributed by atoms with Crippen molar-refractivity contribution >= 4 is 11.9 Å². The normalized spacial score (nSPS) is 20.1. The lowest BCUT2D eigenvalue weighted by molar-refractivity contribution is -0.144. The maximum atomic E-state index is 11.2. The molecule has 0 bridgehead atoms. The average Bonchev–Trinajstić information content (AvgIpc) is 2.11. The number of rotatable bonds is 5. The summed E-state index contributed by atoms with van der Waals surface area (Å²) in [7, 11) is 0. The molecule has 0 aromatic heterocycles. The number of carboxylic acid groups (broad SMARTS) is 1. The molecule has 6 nitrogen and oxygen atoms in total. The van der Waals surface area contributed by atoms with Crippen LogP contribution in [0.4, 0.5) is 0 Å². The van der Waals surface area contributed by atoms with Crippen LogP contribution in [0.2, 0.25) is 0 Å². The van der Waals surface area contributed by atoms with Crippen LogP contribution < -0.4 is 10.6 Å². The molecule has 1 saturated heterocycles.